The molecule has 0 saturated heterocycles. The molecule has 0 aliphatic rings. The van der Waals surface area contributed by atoms with E-state index in [0.29, 0.717) is 21.2 Å². The molecule has 0 bridgehead atoms. The number of nitro benzene ring substituents is 1. The van der Waals surface area contributed by atoms with Crippen molar-refractivity contribution < 1.29 is 14.5 Å². The largest absolute Gasteiger partial charge is 0.366 e. The molecule has 2 amide bonds. The highest BCUT2D eigenvalue weighted by Gasteiger charge is 2.21. The predicted molar refractivity (Wildman–Crippen MR) is 109 cm³/mol. The van der Waals surface area contributed by atoms with Crippen molar-refractivity contribution in [1.29, 1.82) is 0 Å². The van der Waals surface area contributed by atoms with Crippen LogP contribution < -0.4 is 5.73 Å². The van der Waals surface area contributed by atoms with E-state index in [1.165, 1.54) is 29.4 Å². The maximum Gasteiger partial charge on any atom is 0.284 e. The van der Waals surface area contributed by atoms with Crippen LogP contribution in [0.2, 0.25) is 0 Å². The number of nitrogens with zero attached hydrogens (tertiary/aromatic N) is 5. The molecule has 0 unspecified atom stereocenters. The molecule has 0 spiro atoms. The smallest absolute Gasteiger partial charge is 0.284 e. The molecule has 2 aromatic carbocycles. The Morgan fingerprint density at radius 3 is 2.63 bits per heavy atom. The normalized spacial score (nSPS) is 10.6. The molecule has 3 rings (SSSR count). The summed E-state index contributed by atoms with van der Waals surface area (Å²) in [6.07, 6.45) is 1.49. The van der Waals surface area contributed by atoms with E-state index in [9.17, 15) is 19.7 Å². The zero-order chi connectivity index (χ0) is 21.8. The number of carbonyl (C=O) groups is 2. The van der Waals surface area contributed by atoms with Crippen molar-refractivity contribution in [3.8, 4) is 0 Å². The molecule has 0 radical (unpaired) electrons. The number of carbonyl (C=O) groups excluding carboxylic acids is 2. The molecule has 0 aliphatic heterocycles. The Balaban J connectivity index is 1.82. The van der Waals surface area contributed by atoms with Gasteiger partial charge in [-0.2, -0.15) is 0 Å². The Morgan fingerprint density at radius 1 is 1.23 bits per heavy atom. The second-order valence-electron chi connectivity index (χ2n) is 6.49. The number of primary amides is 1. The Kier molecular flexibility index (Phi) is 6.11. The van der Waals surface area contributed by atoms with Gasteiger partial charge in [0.2, 0.25) is 5.91 Å². The number of aromatic nitrogens is 3. The van der Waals surface area contributed by atoms with E-state index in [2.05, 4.69) is 10.2 Å². The molecule has 0 atom stereocenters. The molecule has 30 heavy (non-hydrogen) atoms. The zero-order valence-corrected chi connectivity index (χ0v) is 17.0. The first-order chi connectivity index (χ1) is 14.3. The summed E-state index contributed by atoms with van der Waals surface area (Å²) in [5.74, 6) is -0.949. The lowest BCUT2D eigenvalue weighted by Crippen LogP contribution is -2.26. The quantitative estimate of drug-likeness (QED) is 0.452. The van der Waals surface area contributed by atoms with Crippen LogP contribution in [0.1, 0.15) is 26.3 Å². The Hall–Kier alpha value is -3.73. The number of benzene rings is 2. The van der Waals surface area contributed by atoms with Gasteiger partial charge in [-0.1, -0.05) is 12.1 Å². The molecule has 154 valence electrons. The average molecular weight is 426 g/mol. The lowest BCUT2D eigenvalue weighted by Gasteiger charge is -2.18. The second-order valence-corrected chi connectivity index (χ2v) is 7.50. The van der Waals surface area contributed by atoms with E-state index in [1.807, 2.05) is 0 Å². The van der Waals surface area contributed by atoms with E-state index in [0.717, 1.165) is 11.8 Å². The van der Waals surface area contributed by atoms with Gasteiger partial charge in [0.15, 0.2) is 5.16 Å². The van der Waals surface area contributed by atoms with Crippen molar-refractivity contribution in [1.82, 2.24) is 19.7 Å². The van der Waals surface area contributed by atoms with Crippen LogP contribution in [0.25, 0.3) is 0 Å². The van der Waals surface area contributed by atoms with Crippen LogP contribution in [0.4, 0.5) is 5.69 Å². The standard InChI is InChI=1S/C19H18N6O4S/c1-23(10-12-4-3-5-13(8-12)17(20)26)18(27)14-6-7-16(15(9-14)25(28)29)30-19-22-21-11-24(19)2/h3-9,11H,10H2,1-2H3,(H2,20,26). The third-order valence-corrected chi connectivity index (χ3v) is 5.37. The summed E-state index contributed by atoms with van der Waals surface area (Å²) in [5, 5.41) is 19.7. The third kappa shape index (κ3) is 4.63. The number of aryl methyl sites for hydroxylation is 1. The van der Waals surface area contributed by atoms with Gasteiger partial charge in [-0.25, -0.2) is 0 Å². The van der Waals surface area contributed by atoms with Crippen LogP contribution >= 0.6 is 11.8 Å². The van der Waals surface area contributed by atoms with Crippen molar-refractivity contribution in [2.24, 2.45) is 12.8 Å². The van der Waals surface area contributed by atoms with Crippen LogP contribution in [-0.2, 0) is 13.6 Å². The second kappa shape index (κ2) is 8.74. The molecule has 1 heterocycles. The van der Waals surface area contributed by atoms with Gasteiger partial charge in [-0.05, 0) is 41.6 Å². The van der Waals surface area contributed by atoms with Gasteiger partial charge in [0, 0.05) is 37.8 Å². The average Bonchev–Trinajstić information content (AvgIpc) is 3.12. The maximum absolute atomic E-state index is 12.8. The van der Waals surface area contributed by atoms with E-state index < -0.39 is 16.7 Å². The van der Waals surface area contributed by atoms with Crippen molar-refractivity contribution in [3.63, 3.8) is 0 Å². The van der Waals surface area contributed by atoms with Gasteiger partial charge >= 0.3 is 0 Å². The number of rotatable bonds is 7. The van der Waals surface area contributed by atoms with Crippen molar-refractivity contribution in [2.75, 3.05) is 7.05 Å². The van der Waals surface area contributed by atoms with Crippen LogP contribution in [0.5, 0.6) is 0 Å². The number of hydrogen-bond donors (Lipinski definition) is 1. The van der Waals surface area contributed by atoms with Crippen LogP contribution in [0, 0.1) is 10.1 Å². The van der Waals surface area contributed by atoms with Gasteiger partial charge in [0.1, 0.15) is 6.33 Å². The van der Waals surface area contributed by atoms with Gasteiger partial charge in [0.05, 0.1) is 9.82 Å². The molecule has 1 aromatic heterocycles. The summed E-state index contributed by atoms with van der Waals surface area (Å²) < 4.78 is 1.64. The van der Waals surface area contributed by atoms with E-state index in [4.69, 9.17) is 5.73 Å². The number of nitrogens with two attached hydrogens (primary N) is 1. The highest BCUT2D eigenvalue weighted by Crippen LogP contribution is 2.34. The summed E-state index contributed by atoms with van der Waals surface area (Å²) in [6.45, 7) is 0.211. The van der Waals surface area contributed by atoms with Crippen molar-refractivity contribution >= 4 is 29.3 Å². The SMILES string of the molecule is CN(Cc1cccc(C(N)=O)c1)C(=O)c1ccc(Sc2nncn2C)c([N+](=O)[O-])c1. The maximum atomic E-state index is 12.8. The first kappa shape index (κ1) is 21.0. The van der Waals surface area contributed by atoms with Gasteiger partial charge < -0.3 is 15.2 Å². The Labute approximate surface area is 175 Å². The molecule has 0 aliphatic carbocycles. The summed E-state index contributed by atoms with van der Waals surface area (Å²) in [6, 6.07) is 10.9. The van der Waals surface area contributed by atoms with Crippen LogP contribution in [0.3, 0.4) is 0 Å². The fourth-order valence-corrected chi connectivity index (χ4v) is 3.58. The number of amides is 2. The molecule has 11 heteroatoms. The molecule has 3 aromatic rings. The fraction of sp³-hybridized carbons (Fsp3) is 0.158. The van der Waals surface area contributed by atoms with Gasteiger partial charge in [0.25, 0.3) is 11.6 Å². The lowest BCUT2D eigenvalue weighted by atomic mass is 10.1. The minimum atomic E-state index is -0.558. The first-order valence-corrected chi connectivity index (χ1v) is 9.52. The molecular formula is C19H18N6O4S. The van der Waals surface area contributed by atoms with Gasteiger partial charge in [-0.15, -0.1) is 10.2 Å². The van der Waals surface area contributed by atoms with E-state index in [-0.39, 0.29) is 17.8 Å². The highest BCUT2D eigenvalue weighted by molar-refractivity contribution is 7.99. The minimum absolute atomic E-state index is 0.178. The number of hydrogen-bond acceptors (Lipinski definition) is 7. The molecule has 0 saturated carbocycles. The third-order valence-electron chi connectivity index (χ3n) is 4.25. The molecular weight excluding hydrogens is 408 g/mol. The van der Waals surface area contributed by atoms with Crippen LogP contribution in [0.15, 0.2) is 58.8 Å². The zero-order valence-electron chi connectivity index (χ0n) is 16.2. The Morgan fingerprint density at radius 2 is 2.00 bits per heavy atom. The summed E-state index contributed by atoms with van der Waals surface area (Å²) >= 11 is 1.09. The molecule has 10 nitrogen and oxygen atoms in total. The topological polar surface area (TPSA) is 137 Å². The molecule has 0 fully saturated rings. The fourth-order valence-electron chi connectivity index (χ4n) is 2.73. The van der Waals surface area contributed by atoms with Crippen molar-refractivity contribution in [2.45, 2.75) is 16.6 Å². The first-order valence-electron chi connectivity index (χ1n) is 8.70. The van der Waals surface area contributed by atoms with E-state index >= 15 is 0 Å². The van der Waals surface area contributed by atoms with Crippen molar-refractivity contribution in [3.05, 3.63) is 75.6 Å². The van der Waals surface area contributed by atoms with E-state index in [1.54, 1.807) is 42.9 Å². The molecule has 2 N–H and O–H groups in total. The summed E-state index contributed by atoms with van der Waals surface area (Å²) in [5.41, 5.74) is 6.32. The Bertz CT molecular complexity index is 1130. The monoisotopic (exact) mass is 426 g/mol. The number of nitro groups is 1. The predicted octanol–water partition coefficient (Wildman–Crippen LogP) is 2.25. The lowest BCUT2D eigenvalue weighted by molar-refractivity contribution is -0.387. The highest BCUT2D eigenvalue weighted by atomic mass is 32.2. The minimum Gasteiger partial charge on any atom is -0.366 e. The van der Waals surface area contributed by atoms with Crippen LogP contribution in [-0.4, -0.2) is 43.4 Å². The summed E-state index contributed by atoms with van der Waals surface area (Å²) in [4.78, 5) is 36.9. The summed E-state index contributed by atoms with van der Waals surface area (Å²) in [7, 11) is 3.31. The van der Waals surface area contributed by atoms with Gasteiger partial charge in [-0.3, -0.25) is 19.7 Å².